The number of nitrogens with zero attached hydrogens (tertiary/aromatic N) is 1. The number of ether oxygens (including phenoxy) is 2. The maximum absolute atomic E-state index is 12.9. The van der Waals surface area contributed by atoms with Crippen LogP contribution in [0.25, 0.3) is 6.08 Å². The van der Waals surface area contributed by atoms with Crippen LogP contribution in [0, 0.1) is 13.8 Å². The number of nitrogens with one attached hydrogen (secondary N) is 1. The quantitative estimate of drug-likeness (QED) is 0.344. The molecule has 3 aromatic carbocycles. The van der Waals surface area contributed by atoms with Crippen molar-refractivity contribution in [3.63, 3.8) is 0 Å². The molecule has 9 heteroatoms. The maximum atomic E-state index is 12.9. The first kappa shape index (κ1) is 26.3. The third-order valence-corrected chi connectivity index (χ3v) is 6.79. The van der Waals surface area contributed by atoms with E-state index in [-0.39, 0.29) is 11.4 Å². The predicted molar refractivity (Wildman–Crippen MR) is 146 cm³/mol. The van der Waals surface area contributed by atoms with Gasteiger partial charge >= 0.3 is 0 Å². The fourth-order valence-corrected chi connectivity index (χ4v) is 4.88. The highest BCUT2D eigenvalue weighted by molar-refractivity contribution is 8.18. The van der Waals surface area contributed by atoms with E-state index in [4.69, 9.17) is 21.1 Å². The summed E-state index contributed by atoms with van der Waals surface area (Å²) >= 11 is 7.24. The Balaban J connectivity index is 1.47. The lowest BCUT2D eigenvalue weighted by Crippen LogP contribution is -2.36. The topological polar surface area (TPSA) is 84.9 Å². The van der Waals surface area contributed by atoms with Gasteiger partial charge in [0.2, 0.25) is 5.91 Å². The molecule has 0 bridgehead atoms. The Bertz CT molecular complexity index is 1390. The largest absolute Gasteiger partial charge is 0.493 e. The van der Waals surface area contributed by atoms with Gasteiger partial charge in [0.1, 0.15) is 13.2 Å². The van der Waals surface area contributed by atoms with Gasteiger partial charge in [-0.2, -0.15) is 0 Å². The van der Waals surface area contributed by atoms with Crippen molar-refractivity contribution >= 4 is 52.2 Å². The number of carbonyl (C=O) groups excluding carboxylic acids is 3. The molecular formula is C28H25ClN2O5S. The van der Waals surface area contributed by atoms with Gasteiger partial charge in [0, 0.05) is 5.69 Å². The average Bonchev–Trinajstić information content (AvgIpc) is 3.12. The van der Waals surface area contributed by atoms with Crippen molar-refractivity contribution in [1.29, 1.82) is 0 Å². The lowest BCUT2D eigenvalue weighted by atomic mass is 10.1. The summed E-state index contributed by atoms with van der Waals surface area (Å²) in [4.78, 5) is 39.1. The summed E-state index contributed by atoms with van der Waals surface area (Å²) < 4.78 is 11.3. The Morgan fingerprint density at radius 2 is 1.84 bits per heavy atom. The molecule has 1 N–H and O–H groups in total. The smallest absolute Gasteiger partial charge is 0.294 e. The zero-order valence-electron chi connectivity index (χ0n) is 20.5. The zero-order valence-corrected chi connectivity index (χ0v) is 22.1. The first-order chi connectivity index (χ1) is 17.7. The Labute approximate surface area is 224 Å². The van der Waals surface area contributed by atoms with Gasteiger partial charge in [0.15, 0.2) is 11.5 Å². The van der Waals surface area contributed by atoms with Gasteiger partial charge in [-0.05, 0) is 66.6 Å². The molecular weight excluding hydrogens is 512 g/mol. The molecule has 0 spiro atoms. The molecule has 190 valence electrons. The van der Waals surface area contributed by atoms with Crippen LogP contribution in [0.15, 0.2) is 65.6 Å². The number of anilines is 1. The third-order valence-electron chi connectivity index (χ3n) is 5.61. The van der Waals surface area contributed by atoms with Crippen molar-refractivity contribution in [3.05, 3.63) is 92.8 Å². The van der Waals surface area contributed by atoms with Crippen LogP contribution in [0.2, 0.25) is 5.02 Å². The number of methoxy groups -OCH3 is 1. The Morgan fingerprint density at radius 1 is 1.08 bits per heavy atom. The molecule has 0 unspecified atom stereocenters. The van der Waals surface area contributed by atoms with E-state index in [1.807, 2.05) is 56.3 Å². The van der Waals surface area contributed by atoms with Crippen LogP contribution in [-0.4, -0.2) is 35.6 Å². The van der Waals surface area contributed by atoms with E-state index >= 15 is 0 Å². The number of rotatable bonds is 8. The van der Waals surface area contributed by atoms with Crippen molar-refractivity contribution in [2.24, 2.45) is 0 Å². The van der Waals surface area contributed by atoms with E-state index in [2.05, 4.69) is 5.32 Å². The number of halogens is 1. The minimum Gasteiger partial charge on any atom is -0.493 e. The molecule has 0 aromatic heterocycles. The highest BCUT2D eigenvalue weighted by Gasteiger charge is 2.36. The standard InChI is InChI=1S/C28H25ClN2O5S/c1-17-9-10-22(18(2)11-17)30-25(32)15-31-27(33)24(37-28(31)34)14-20-12-21(29)26(23(13-20)35-3)36-16-19-7-5-4-6-8-19/h4-14H,15-16H2,1-3H3,(H,30,32)/b24-14-. The van der Waals surface area contributed by atoms with Crippen molar-refractivity contribution in [2.75, 3.05) is 19.0 Å². The highest BCUT2D eigenvalue weighted by atomic mass is 35.5. The maximum Gasteiger partial charge on any atom is 0.294 e. The molecule has 1 aliphatic rings. The molecule has 3 aromatic rings. The Kier molecular flexibility index (Phi) is 8.21. The molecule has 1 aliphatic heterocycles. The van der Waals surface area contributed by atoms with Gasteiger partial charge in [-0.25, -0.2) is 0 Å². The number of aryl methyl sites for hydroxylation is 2. The number of benzene rings is 3. The summed E-state index contributed by atoms with van der Waals surface area (Å²) in [7, 11) is 1.49. The van der Waals surface area contributed by atoms with E-state index in [9.17, 15) is 14.4 Å². The van der Waals surface area contributed by atoms with Crippen LogP contribution in [0.1, 0.15) is 22.3 Å². The predicted octanol–water partition coefficient (Wildman–Crippen LogP) is 6.22. The second kappa shape index (κ2) is 11.5. The minimum atomic E-state index is -0.551. The van der Waals surface area contributed by atoms with Crippen LogP contribution in [0.4, 0.5) is 10.5 Å². The monoisotopic (exact) mass is 536 g/mol. The molecule has 0 radical (unpaired) electrons. The van der Waals surface area contributed by atoms with E-state index in [1.165, 1.54) is 7.11 Å². The van der Waals surface area contributed by atoms with Gasteiger partial charge in [-0.15, -0.1) is 0 Å². The van der Waals surface area contributed by atoms with E-state index in [0.717, 1.165) is 33.4 Å². The van der Waals surface area contributed by atoms with Gasteiger partial charge < -0.3 is 14.8 Å². The third kappa shape index (κ3) is 6.34. The molecule has 7 nitrogen and oxygen atoms in total. The van der Waals surface area contributed by atoms with Crippen LogP contribution in [-0.2, 0) is 16.2 Å². The normalized spacial score (nSPS) is 14.3. The second-order valence-corrected chi connectivity index (χ2v) is 9.84. The molecule has 0 saturated carbocycles. The minimum absolute atomic E-state index is 0.181. The molecule has 0 atom stereocenters. The number of thioether (sulfide) groups is 1. The van der Waals surface area contributed by atoms with E-state index in [0.29, 0.717) is 34.4 Å². The highest BCUT2D eigenvalue weighted by Crippen LogP contribution is 2.39. The number of hydrogen-bond donors (Lipinski definition) is 1. The summed E-state index contributed by atoms with van der Waals surface area (Å²) in [5, 5.41) is 2.54. The SMILES string of the molecule is COc1cc(/C=C2\SC(=O)N(CC(=O)Nc3ccc(C)cc3C)C2=O)cc(Cl)c1OCc1ccccc1. The van der Waals surface area contributed by atoms with Gasteiger partial charge in [0.05, 0.1) is 17.0 Å². The van der Waals surface area contributed by atoms with Crippen molar-refractivity contribution in [1.82, 2.24) is 4.90 Å². The molecule has 1 saturated heterocycles. The Morgan fingerprint density at radius 3 is 2.54 bits per heavy atom. The second-order valence-electron chi connectivity index (χ2n) is 8.44. The molecule has 37 heavy (non-hydrogen) atoms. The lowest BCUT2D eigenvalue weighted by Gasteiger charge is -2.14. The number of carbonyl (C=O) groups is 3. The zero-order chi connectivity index (χ0) is 26.5. The summed E-state index contributed by atoms with van der Waals surface area (Å²) in [5.74, 6) is -0.242. The average molecular weight is 537 g/mol. The fourth-order valence-electron chi connectivity index (χ4n) is 3.77. The van der Waals surface area contributed by atoms with Gasteiger partial charge in [-0.1, -0.05) is 59.6 Å². The van der Waals surface area contributed by atoms with Gasteiger partial charge in [0.25, 0.3) is 11.1 Å². The molecule has 1 fully saturated rings. The molecule has 3 amide bonds. The van der Waals surface area contributed by atoms with Crippen LogP contribution in [0.5, 0.6) is 11.5 Å². The first-order valence-electron chi connectivity index (χ1n) is 11.4. The Hall–Kier alpha value is -3.75. The summed E-state index contributed by atoms with van der Waals surface area (Å²) in [6.45, 7) is 3.76. The number of hydrogen-bond acceptors (Lipinski definition) is 6. The number of amides is 3. The fraction of sp³-hybridized carbons (Fsp3) is 0.179. The van der Waals surface area contributed by atoms with E-state index in [1.54, 1.807) is 24.3 Å². The van der Waals surface area contributed by atoms with Crippen molar-refractivity contribution in [3.8, 4) is 11.5 Å². The van der Waals surface area contributed by atoms with Crippen molar-refractivity contribution in [2.45, 2.75) is 20.5 Å². The van der Waals surface area contributed by atoms with E-state index < -0.39 is 17.1 Å². The summed E-state index contributed by atoms with van der Waals surface area (Å²) in [6.07, 6.45) is 1.54. The van der Waals surface area contributed by atoms with Crippen molar-refractivity contribution < 1.29 is 23.9 Å². The number of imide groups is 1. The summed E-state index contributed by atoms with van der Waals surface area (Å²) in [5.41, 5.74) is 4.12. The first-order valence-corrected chi connectivity index (χ1v) is 12.6. The lowest BCUT2D eigenvalue weighted by molar-refractivity contribution is -0.127. The summed E-state index contributed by atoms with van der Waals surface area (Å²) in [6, 6.07) is 18.5. The molecule has 4 rings (SSSR count). The van der Waals surface area contributed by atoms with Crippen LogP contribution in [0.3, 0.4) is 0 Å². The van der Waals surface area contributed by atoms with Gasteiger partial charge in [-0.3, -0.25) is 19.3 Å². The molecule has 0 aliphatic carbocycles. The van der Waals surface area contributed by atoms with Crippen LogP contribution < -0.4 is 14.8 Å². The van der Waals surface area contributed by atoms with Crippen LogP contribution >= 0.6 is 23.4 Å². The molecule has 1 heterocycles.